The van der Waals surface area contributed by atoms with Crippen LogP contribution in [0.15, 0.2) is 66.7 Å². The first-order valence-corrected chi connectivity index (χ1v) is 12.2. The van der Waals surface area contributed by atoms with Gasteiger partial charge in [-0.3, -0.25) is 14.5 Å². The van der Waals surface area contributed by atoms with Crippen LogP contribution in [0.5, 0.6) is 5.75 Å². The molecule has 0 unspecified atom stereocenters. The van der Waals surface area contributed by atoms with Crippen LogP contribution < -0.4 is 20.7 Å². The Morgan fingerprint density at radius 2 is 1.61 bits per heavy atom. The minimum Gasteiger partial charge on any atom is -0.490 e. The van der Waals surface area contributed by atoms with Crippen molar-refractivity contribution in [2.75, 3.05) is 43.4 Å². The highest BCUT2D eigenvalue weighted by Gasteiger charge is 2.22. The van der Waals surface area contributed by atoms with Crippen molar-refractivity contribution in [3.63, 3.8) is 0 Å². The Balaban J connectivity index is 1.34. The topological polar surface area (TPSA) is 108 Å². The molecule has 9 nitrogen and oxygen atoms in total. The monoisotopic (exact) mass is 488 g/mol. The number of hydrogen-bond donors (Lipinski definition) is 3. The molecule has 2 heterocycles. The van der Waals surface area contributed by atoms with Crippen molar-refractivity contribution in [1.29, 1.82) is 0 Å². The zero-order valence-electron chi connectivity index (χ0n) is 20.4. The highest BCUT2D eigenvalue weighted by atomic mass is 16.5. The van der Waals surface area contributed by atoms with Crippen molar-refractivity contribution in [2.45, 2.75) is 25.9 Å². The maximum Gasteiger partial charge on any atom is 0.239 e. The lowest BCUT2D eigenvalue weighted by molar-refractivity contribution is -0.119. The molecule has 0 saturated carbocycles. The Hall–Kier alpha value is -3.98. The molecular weight excluding hydrogens is 456 g/mol. The summed E-state index contributed by atoms with van der Waals surface area (Å²) in [6.45, 7) is 4.31. The van der Waals surface area contributed by atoms with Crippen LogP contribution in [0.2, 0.25) is 0 Å². The third-order valence-electron chi connectivity index (χ3n) is 5.78. The van der Waals surface area contributed by atoms with Gasteiger partial charge in [-0.1, -0.05) is 48.5 Å². The number of carbonyl (C=O) groups is 2. The number of anilines is 2. The molecule has 36 heavy (non-hydrogen) atoms. The number of hydrogen-bond acceptors (Lipinski definition) is 7. The van der Waals surface area contributed by atoms with E-state index in [1.54, 1.807) is 6.07 Å². The van der Waals surface area contributed by atoms with Gasteiger partial charge in [0.25, 0.3) is 0 Å². The van der Waals surface area contributed by atoms with Crippen LogP contribution in [-0.4, -0.2) is 65.5 Å². The van der Waals surface area contributed by atoms with Gasteiger partial charge in [-0.2, -0.15) is 0 Å². The lowest BCUT2D eigenvalue weighted by atomic mass is 10.1. The lowest BCUT2D eigenvalue weighted by Crippen LogP contribution is -2.42. The normalized spacial score (nSPS) is 14.1. The molecule has 4 rings (SSSR count). The Bertz CT molecular complexity index is 1130. The van der Waals surface area contributed by atoms with Crippen molar-refractivity contribution in [2.24, 2.45) is 0 Å². The molecule has 1 aromatic heterocycles. The molecule has 1 aliphatic heterocycles. The van der Waals surface area contributed by atoms with E-state index in [4.69, 9.17) is 4.74 Å². The van der Waals surface area contributed by atoms with E-state index in [-0.39, 0.29) is 24.5 Å². The number of nitrogens with zero attached hydrogens (tertiary/aromatic N) is 3. The second-order valence-corrected chi connectivity index (χ2v) is 8.69. The highest BCUT2D eigenvalue weighted by Crippen LogP contribution is 2.21. The van der Waals surface area contributed by atoms with Gasteiger partial charge >= 0.3 is 0 Å². The summed E-state index contributed by atoms with van der Waals surface area (Å²) in [6.07, 6.45) is 1.90. The molecule has 9 heteroatoms. The van der Waals surface area contributed by atoms with Crippen LogP contribution in [0, 0.1) is 0 Å². The lowest BCUT2D eigenvalue weighted by Gasteiger charge is -2.31. The van der Waals surface area contributed by atoms with Gasteiger partial charge in [0.05, 0.1) is 6.54 Å². The molecule has 3 N–H and O–H groups in total. The number of carbonyl (C=O) groups excluding carboxylic acids is 2. The number of amides is 2. The van der Waals surface area contributed by atoms with Gasteiger partial charge in [-0.05, 0) is 25.0 Å². The molecule has 0 bridgehead atoms. The van der Waals surface area contributed by atoms with Crippen molar-refractivity contribution in [1.82, 2.24) is 20.2 Å². The zero-order valence-corrected chi connectivity index (χ0v) is 20.4. The van der Waals surface area contributed by atoms with Crippen LogP contribution in [0.3, 0.4) is 0 Å². The summed E-state index contributed by atoms with van der Waals surface area (Å²) >= 11 is 0. The number of para-hydroxylation sites is 1. The van der Waals surface area contributed by atoms with Crippen molar-refractivity contribution in [3.8, 4) is 17.1 Å². The Morgan fingerprint density at radius 3 is 2.31 bits per heavy atom. The number of likely N-dealkylation sites (tertiary alicyclic amines) is 1. The fraction of sp³-hybridized carbons (Fsp3) is 0.333. The van der Waals surface area contributed by atoms with Crippen molar-refractivity contribution >= 4 is 23.5 Å². The maximum absolute atomic E-state index is 12.8. The molecule has 2 aromatic carbocycles. The van der Waals surface area contributed by atoms with Gasteiger partial charge in [0.1, 0.15) is 23.5 Å². The number of piperidine rings is 1. The number of nitrogens with one attached hydrogen (secondary N) is 3. The van der Waals surface area contributed by atoms with E-state index in [0.29, 0.717) is 30.5 Å². The van der Waals surface area contributed by atoms with E-state index >= 15 is 0 Å². The van der Waals surface area contributed by atoms with Crippen LogP contribution in [0.25, 0.3) is 11.4 Å². The van der Waals surface area contributed by atoms with Crippen molar-refractivity contribution < 1.29 is 14.3 Å². The Morgan fingerprint density at radius 1 is 0.944 bits per heavy atom. The number of benzene rings is 2. The third-order valence-corrected chi connectivity index (χ3v) is 5.78. The first kappa shape index (κ1) is 25.1. The summed E-state index contributed by atoms with van der Waals surface area (Å²) in [4.78, 5) is 35.2. The van der Waals surface area contributed by atoms with E-state index in [0.717, 1.165) is 37.2 Å². The largest absolute Gasteiger partial charge is 0.490 e. The van der Waals surface area contributed by atoms with Crippen LogP contribution in [0.1, 0.15) is 19.8 Å². The molecular formula is C27H32N6O3. The van der Waals surface area contributed by atoms with Gasteiger partial charge in [0, 0.05) is 44.7 Å². The smallest absolute Gasteiger partial charge is 0.239 e. The summed E-state index contributed by atoms with van der Waals surface area (Å²) < 4.78 is 6.05. The molecule has 2 amide bonds. The van der Waals surface area contributed by atoms with Gasteiger partial charge in [0.15, 0.2) is 5.82 Å². The molecule has 1 aliphatic rings. The molecule has 0 radical (unpaired) electrons. The predicted octanol–water partition coefficient (Wildman–Crippen LogP) is 3.17. The summed E-state index contributed by atoms with van der Waals surface area (Å²) in [6, 6.07) is 21.1. The predicted molar refractivity (Wildman–Crippen MR) is 140 cm³/mol. The fourth-order valence-electron chi connectivity index (χ4n) is 4.01. The first-order chi connectivity index (χ1) is 17.5. The van der Waals surface area contributed by atoms with Gasteiger partial charge in [-0.25, -0.2) is 9.97 Å². The van der Waals surface area contributed by atoms with E-state index in [2.05, 4.69) is 30.8 Å². The van der Waals surface area contributed by atoms with Crippen LogP contribution in [0.4, 0.5) is 11.6 Å². The van der Waals surface area contributed by atoms with Crippen molar-refractivity contribution in [3.05, 3.63) is 66.7 Å². The average Bonchev–Trinajstić information content (AvgIpc) is 2.89. The summed E-state index contributed by atoms with van der Waals surface area (Å²) in [7, 11) is 0. The number of rotatable bonds is 10. The summed E-state index contributed by atoms with van der Waals surface area (Å²) in [5.41, 5.74) is 0.846. The molecule has 0 spiro atoms. The summed E-state index contributed by atoms with van der Waals surface area (Å²) in [5, 5.41) is 8.86. The summed E-state index contributed by atoms with van der Waals surface area (Å²) in [5.74, 6) is 2.18. The first-order valence-electron chi connectivity index (χ1n) is 12.2. The Kier molecular flexibility index (Phi) is 8.82. The van der Waals surface area contributed by atoms with Gasteiger partial charge < -0.3 is 20.7 Å². The van der Waals surface area contributed by atoms with Crippen LogP contribution >= 0.6 is 0 Å². The SMILES string of the molecule is CC(=O)NCCNc1cc(NC(=O)CN2CCC(Oc3ccccc3)CC2)nc(-c2ccccc2)n1. The van der Waals surface area contributed by atoms with E-state index in [9.17, 15) is 9.59 Å². The Labute approximate surface area is 211 Å². The quantitative estimate of drug-likeness (QED) is 0.376. The number of ether oxygens (including phenoxy) is 1. The third kappa shape index (κ3) is 7.78. The molecule has 188 valence electrons. The van der Waals surface area contributed by atoms with E-state index in [1.807, 2.05) is 60.7 Å². The molecule has 3 aromatic rings. The van der Waals surface area contributed by atoms with Crippen LogP contribution in [-0.2, 0) is 9.59 Å². The average molecular weight is 489 g/mol. The molecule has 1 saturated heterocycles. The van der Waals surface area contributed by atoms with Gasteiger partial charge in [0.2, 0.25) is 11.8 Å². The minimum absolute atomic E-state index is 0.0897. The fourth-order valence-corrected chi connectivity index (χ4v) is 4.01. The number of aromatic nitrogens is 2. The molecule has 1 fully saturated rings. The molecule has 0 atom stereocenters. The second kappa shape index (κ2) is 12.6. The van der Waals surface area contributed by atoms with E-state index in [1.165, 1.54) is 6.92 Å². The molecule has 0 aliphatic carbocycles. The second-order valence-electron chi connectivity index (χ2n) is 8.69. The zero-order chi connectivity index (χ0) is 25.2. The minimum atomic E-state index is -0.126. The highest BCUT2D eigenvalue weighted by molar-refractivity contribution is 5.92. The van der Waals surface area contributed by atoms with E-state index < -0.39 is 0 Å². The van der Waals surface area contributed by atoms with Gasteiger partial charge in [-0.15, -0.1) is 0 Å². The maximum atomic E-state index is 12.8. The standard InChI is InChI=1S/C27H32N6O3/c1-20(34)28-14-15-29-24-18-25(32-27(31-24)21-8-4-2-5-9-21)30-26(35)19-33-16-12-23(13-17-33)36-22-10-6-3-7-11-22/h2-11,18,23H,12-17,19H2,1H3,(H,28,34)(H2,29,30,31,32,35).